The van der Waals surface area contributed by atoms with Gasteiger partial charge in [0.2, 0.25) is 0 Å². The van der Waals surface area contributed by atoms with Gasteiger partial charge in [-0.1, -0.05) is 6.08 Å². The summed E-state index contributed by atoms with van der Waals surface area (Å²) in [5, 5.41) is 135. The lowest BCUT2D eigenvalue weighted by Gasteiger charge is -2.48. The molecule has 0 aromatic rings. The molecule has 3 aliphatic rings. The highest BCUT2D eigenvalue weighted by Gasteiger charge is 2.52. The van der Waals surface area contributed by atoms with Gasteiger partial charge in [0, 0.05) is 0 Å². The van der Waals surface area contributed by atoms with Gasteiger partial charge in [-0.25, -0.2) is 0 Å². The number of aliphatic hydroxyl groups excluding tert-OH is 13. The molecule has 0 spiro atoms. The van der Waals surface area contributed by atoms with Crippen molar-refractivity contribution in [1.82, 2.24) is 5.32 Å². The van der Waals surface area contributed by atoms with Crippen LogP contribution in [0.3, 0.4) is 0 Å². The lowest BCUT2D eigenvalue weighted by Crippen LogP contribution is -2.68. The molecule has 14 N–H and O–H groups in total. The minimum atomic E-state index is -2.10. The van der Waals surface area contributed by atoms with Crippen LogP contribution in [0.2, 0.25) is 0 Å². The fourth-order valence-electron chi connectivity index (χ4n) is 5.36. The fourth-order valence-corrected chi connectivity index (χ4v) is 5.36. The zero-order valence-corrected chi connectivity index (χ0v) is 23.5. The van der Waals surface area contributed by atoms with E-state index in [-0.39, 0.29) is 11.9 Å². The molecule has 3 rings (SSSR count). The van der Waals surface area contributed by atoms with Gasteiger partial charge in [0.15, 0.2) is 18.9 Å². The number of rotatable bonds is 13. The molecule has 0 saturated carbocycles. The summed E-state index contributed by atoms with van der Waals surface area (Å²) in [7, 11) is 0. The number of aldehydes is 1. The number of carbonyl (C=O) groups excluding carboxylic acids is 1. The standard InChI is InChI=1S/C25H43NO18/c1-7-13(26-9-2-8(3-27)14(33)18(37)15(9)34)17(36)20(39)24(41-7)44-23-12(6-30)42-25(21(40)19(23)38)43-22(11(32)5-29)16(35)10(31)4-28/h2,4,7,9-27,29-40H,3,5-6H2,1H3/t7?,9?,10?,11?,12?,13?,14-,15?,16?,17?,18-,19?,20?,21?,22?,23?,24?,25?/m0/s1. The van der Waals surface area contributed by atoms with Gasteiger partial charge in [0.05, 0.1) is 38.0 Å². The van der Waals surface area contributed by atoms with Gasteiger partial charge in [-0.3, -0.25) is 0 Å². The van der Waals surface area contributed by atoms with E-state index in [1.54, 1.807) is 0 Å². The summed E-state index contributed by atoms with van der Waals surface area (Å²) >= 11 is 0. The largest absolute Gasteiger partial charge is 0.394 e. The Labute approximate surface area is 250 Å². The molecule has 256 valence electrons. The van der Waals surface area contributed by atoms with Crippen LogP contribution in [0.25, 0.3) is 0 Å². The van der Waals surface area contributed by atoms with E-state index in [2.05, 4.69) is 5.32 Å². The van der Waals surface area contributed by atoms with E-state index in [4.69, 9.17) is 18.9 Å². The van der Waals surface area contributed by atoms with E-state index < -0.39 is 130 Å². The van der Waals surface area contributed by atoms with E-state index in [0.29, 0.717) is 0 Å². The van der Waals surface area contributed by atoms with Crippen molar-refractivity contribution >= 4 is 6.29 Å². The van der Waals surface area contributed by atoms with Gasteiger partial charge in [0.1, 0.15) is 79.4 Å². The average Bonchev–Trinajstić information content (AvgIpc) is 3.02. The molecule has 0 bridgehead atoms. The zero-order valence-electron chi connectivity index (χ0n) is 23.5. The lowest BCUT2D eigenvalue weighted by atomic mass is 9.86. The van der Waals surface area contributed by atoms with Gasteiger partial charge in [-0.05, 0) is 12.5 Å². The molecule has 0 aromatic carbocycles. The van der Waals surface area contributed by atoms with E-state index in [9.17, 15) is 71.2 Å². The maximum atomic E-state index is 10.9. The number of aliphatic hydroxyl groups is 13. The van der Waals surface area contributed by atoms with Crippen LogP contribution in [0, 0.1) is 0 Å². The summed E-state index contributed by atoms with van der Waals surface area (Å²) in [5.41, 5.74) is 0.00900. The number of nitrogens with one attached hydrogen (secondary N) is 1. The monoisotopic (exact) mass is 645 g/mol. The quantitative estimate of drug-likeness (QED) is 0.0653. The third-order valence-electron chi connectivity index (χ3n) is 8.03. The van der Waals surface area contributed by atoms with Crippen molar-refractivity contribution in [2.45, 2.75) is 117 Å². The minimum absolute atomic E-state index is 0.00900. The number of carbonyl (C=O) groups is 1. The smallest absolute Gasteiger partial charge is 0.187 e. The Balaban J connectivity index is 1.71. The fraction of sp³-hybridized carbons (Fsp3) is 0.880. The Morgan fingerprint density at radius 2 is 1.52 bits per heavy atom. The SMILES string of the molecule is CC1OC(OC2C(CO)OC(OC(C(O)CO)C(O)C(O)C=O)C(O)C2O)C(O)C(O)C1NC1C=C(CO)[C@H](O)[C@H](O)C1O. The topological polar surface area (TPSA) is 329 Å². The van der Waals surface area contributed by atoms with Crippen molar-refractivity contribution in [3.63, 3.8) is 0 Å². The summed E-state index contributed by atoms with van der Waals surface area (Å²) in [6, 6.07) is -2.21. The van der Waals surface area contributed by atoms with Crippen molar-refractivity contribution in [2.24, 2.45) is 0 Å². The summed E-state index contributed by atoms with van der Waals surface area (Å²) in [5.74, 6) is 0. The Hall–Kier alpha value is -1.31. The molecule has 1 aliphatic carbocycles. The second-order valence-electron chi connectivity index (χ2n) is 11.0. The maximum Gasteiger partial charge on any atom is 0.187 e. The predicted octanol–water partition coefficient (Wildman–Crippen LogP) is -8.72. The summed E-state index contributed by atoms with van der Waals surface area (Å²) in [4.78, 5) is 10.9. The van der Waals surface area contributed by atoms with Crippen LogP contribution in [-0.4, -0.2) is 203 Å². The Morgan fingerprint density at radius 3 is 2.09 bits per heavy atom. The molecule has 0 radical (unpaired) electrons. The van der Waals surface area contributed by atoms with Crippen molar-refractivity contribution in [1.29, 1.82) is 0 Å². The van der Waals surface area contributed by atoms with Crippen LogP contribution in [-0.2, 0) is 23.7 Å². The van der Waals surface area contributed by atoms with Crippen LogP contribution in [0.5, 0.6) is 0 Å². The third-order valence-corrected chi connectivity index (χ3v) is 8.03. The maximum absolute atomic E-state index is 10.9. The average molecular weight is 646 g/mol. The molecule has 2 saturated heterocycles. The van der Waals surface area contributed by atoms with E-state index in [1.807, 2.05) is 0 Å². The van der Waals surface area contributed by atoms with Crippen LogP contribution >= 0.6 is 0 Å². The van der Waals surface area contributed by atoms with Crippen LogP contribution in [0.15, 0.2) is 11.6 Å². The van der Waals surface area contributed by atoms with Gasteiger partial charge >= 0.3 is 0 Å². The molecule has 0 aromatic heterocycles. The molecule has 2 fully saturated rings. The Kier molecular flexibility index (Phi) is 13.5. The van der Waals surface area contributed by atoms with Gasteiger partial charge < -0.3 is 95.4 Å². The van der Waals surface area contributed by atoms with Crippen molar-refractivity contribution < 1.29 is 90.1 Å². The second-order valence-corrected chi connectivity index (χ2v) is 11.0. The van der Waals surface area contributed by atoms with Crippen LogP contribution in [0.4, 0.5) is 0 Å². The van der Waals surface area contributed by atoms with Gasteiger partial charge in [-0.15, -0.1) is 0 Å². The highest BCUT2D eigenvalue weighted by atomic mass is 16.7. The molecule has 0 amide bonds. The second kappa shape index (κ2) is 16.0. The molecule has 2 heterocycles. The minimum Gasteiger partial charge on any atom is -0.394 e. The first-order valence-corrected chi connectivity index (χ1v) is 13.9. The number of hydrogen-bond acceptors (Lipinski definition) is 19. The highest BCUT2D eigenvalue weighted by Crippen LogP contribution is 2.31. The van der Waals surface area contributed by atoms with Crippen LogP contribution in [0.1, 0.15) is 6.92 Å². The molecular formula is C25H43NO18. The summed E-state index contributed by atoms with van der Waals surface area (Å²) < 4.78 is 22.0. The van der Waals surface area contributed by atoms with E-state index in [0.717, 1.165) is 0 Å². The van der Waals surface area contributed by atoms with E-state index in [1.165, 1.54) is 13.0 Å². The first-order valence-electron chi connectivity index (χ1n) is 13.9. The molecule has 19 nitrogen and oxygen atoms in total. The summed E-state index contributed by atoms with van der Waals surface area (Å²) in [6.45, 7) is -1.08. The van der Waals surface area contributed by atoms with Crippen molar-refractivity contribution in [3.8, 4) is 0 Å². The predicted molar refractivity (Wildman–Crippen MR) is 139 cm³/mol. The normalized spacial score (nSPS) is 44.4. The Morgan fingerprint density at radius 1 is 0.886 bits per heavy atom. The van der Waals surface area contributed by atoms with Gasteiger partial charge in [0.25, 0.3) is 0 Å². The molecule has 19 heteroatoms. The third kappa shape index (κ3) is 7.79. The molecule has 18 atom stereocenters. The van der Waals surface area contributed by atoms with E-state index >= 15 is 0 Å². The first-order chi connectivity index (χ1) is 20.7. The number of ether oxygens (including phenoxy) is 4. The zero-order chi connectivity index (χ0) is 33.0. The molecule has 16 unspecified atom stereocenters. The van der Waals surface area contributed by atoms with Crippen LogP contribution < -0.4 is 5.32 Å². The first kappa shape index (κ1) is 37.2. The molecule has 44 heavy (non-hydrogen) atoms. The molecular weight excluding hydrogens is 602 g/mol. The summed E-state index contributed by atoms with van der Waals surface area (Å²) in [6.07, 6.45) is -26.8. The van der Waals surface area contributed by atoms with Gasteiger partial charge in [-0.2, -0.15) is 0 Å². The highest BCUT2D eigenvalue weighted by molar-refractivity contribution is 5.56. The molecule has 2 aliphatic heterocycles. The van der Waals surface area contributed by atoms with Crippen molar-refractivity contribution in [3.05, 3.63) is 11.6 Å². The van der Waals surface area contributed by atoms with Crippen molar-refractivity contribution in [2.75, 3.05) is 19.8 Å². The number of hydrogen-bond donors (Lipinski definition) is 14. The lowest BCUT2D eigenvalue weighted by molar-refractivity contribution is -0.361. The Bertz CT molecular complexity index is 943.